The van der Waals surface area contributed by atoms with Gasteiger partial charge in [0.1, 0.15) is 0 Å². The molecule has 0 unspecified atom stereocenters. The third-order valence-electron chi connectivity index (χ3n) is 4.54. The molecule has 30 heavy (non-hydrogen) atoms. The molecule has 2 aromatic carbocycles. The van der Waals surface area contributed by atoms with Gasteiger partial charge in [0.2, 0.25) is 0 Å². The molecule has 0 saturated carbocycles. The number of para-hydroxylation sites is 2. The predicted molar refractivity (Wildman–Crippen MR) is 115 cm³/mol. The SMILES string of the molecule is Cc1cc(C=Nc2c(C)cccc2C)nc(C=Nc2c(C)cccc2C)c1.[Cl-].[Cl-].[V+2]. The molecule has 1 radical (unpaired) electrons. The molecule has 0 fully saturated rings. The Bertz CT molecular complexity index is 926. The quantitative estimate of drug-likeness (QED) is 0.493. The minimum atomic E-state index is 0. The third-order valence-corrected chi connectivity index (χ3v) is 4.54. The van der Waals surface area contributed by atoms with Crippen LogP contribution in [0.1, 0.15) is 39.2 Å². The molecular formula is C24H25Cl2N3V. The van der Waals surface area contributed by atoms with Gasteiger partial charge in [0.25, 0.3) is 0 Å². The molecular weight excluding hydrogens is 452 g/mol. The van der Waals surface area contributed by atoms with Gasteiger partial charge in [0, 0.05) is 0 Å². The Kier molecular flexibility index (Phi) is 11.9. The minimum absolute atomic E-state index is 0. The number of hydrogen-bond donors (Lipinski definition) is 0. The number of aromatic nitrogens is 1. The van der Waals surface area contributed by atoms with E-state index in [2.05, 4.69) is 86.0 Å². The van der Waals surface area contributed by atoms with Crippen molar-refractivity contribution in [3.8, 4) is 0 Å². The summed E-state index contributed by atoms with van der Waals surface area (Å²) in [5.41, 5.74) is 9.47. The summed E-state index contributed by atoms with van der Waals surface area (Å²) in [6.07, 6.45) is 3.66. The first-order chi connectivity index (χ1) is 12.9. The number of pyridine rings is 1. The fourth-order valence-electron chi connectivity index (χ4n) is 3.13. The summed E-state index contributed by atoms with van der Waals surface area (Å²) in [6, 6.07) is 16.5. The Balaban J connectivity index is 0.00000280. The average Bonchev–Trinajstić information content (AvgIpc) is 2.60. The van der Waals surface area contributed by atoms with E-state index in [1.165, 1.54) is 0 Å². The third kappa shape index (κ3) is 7.10. The van der Waals surface area contributed by atoms with Crippen molar-refractivity contribution in [2.75, 3.05) is 0 Å². The monoisotopic (exact) mass is 476 g/mol. The second kappa shape index (κ2) is 12.7. The van der Waals surface area contributed by atoms with Crippen LogP contribution < -0.4 is 24.8 Å². The Morgan fingerprint density at radius 1 is 0.633 bits per heavy atom. The molecule has 3 rings (SSSR count). The summed E-state index contributed by atoms with van der Waals surface area (Å²) < 4.78 is 0. The van der Waals surface area contributed by atoms with E-state index < -0.39 is 0 Å². The maximum absolute atomic E-state index is 4.68. The van der Waals surface area contributed by atoms with E-state index >= 15 is 0 Å². The van der Waals surface area contributed by atoms with Crippen LogP contribution >= 0.6 is 0 Å². The van der Waals surface area contributed by atoms with E-state index in [9.17, 15) is 0 Å². The van der Waals surface area contributed by atoms with Gasteiger partial charge >= 0.3 is 18.6 Å². The summed E-state index contributed by atoms with van der Waals surface area (Å²) in [4.78, 5) is 14.0. The average molecular weight is 477 g/mol. The van der Waals surface area contributed by atoms with Gasteiger partial charge in [-0.05, 0) is 74.6 Å². The van der Waals surface area contributed by atoms with Gasteiger partial charge in [-0.2, -0.15) is 0 Å². The molecule has 0 spiro atoms. The Morgan fingerprint density at radius 2 is 0.967 bits per heavy atom. The topological polar surface area (TPSA) is 37.6 Å². The number of halogens is 2. The van der Waals surface area contributed by atoms with Crippen LogP contribution in [-0.4, -0.2) is 17.4 Å². The fraction of sp³-hybridized carbons (Fsp3) is 0.208. The van der Waals surface area contributed by atoms with E-state index in [-0.39, 0.29) is 43.4 Å². The largest absolute Gasteiger partial charge is 2.00 e. The Labute approximate surface area is 203 Å². The normalized spacial score (nSPS) is 10.4. The first-order valence-electron chi connectivity index (χ1n) is 9.13. The van der Waals surface area contributed by atoms with Crippen LogP contribution in [-0.2, 0) is 18.6 Å². The van der Waals surface area contributed by atoms with Crippen LogP contribution in [0.4, 0.5) is 11.4 Å². The molecule has 0 aliphatic heterocycles. The molecule has 6 heteroatoms. The summed E-state index contributed by atoms with van der Waals surface area (Å²) in [7, 11) is 0. The molecule has 3 aromatic rings. The van der Waals surface area contributed by atoms with E-state index in [0.29, 0.717) is 0 Å². The second-order valence-electron chi connectivity index (χ2n) is 6.99. The van der Waals surface area contributed by atoms with Crippen molar-refractivity contribution in [1.82, 2.24) is 4.98 Å². The van der Waals surface area contributed by atoms with E-state index in [1.807, 2.05) is 24.6 Å². The number of hydrogen-bond acceptors (Lipinski definition) is 3. The van der Waals surface area contributed by atoms with Gasteiger partial charge in [-0.3, -0.25) is 9.98 Å². The van der Waals surface area contributed by atoms with Gasteiger partial charge in [-0.15, -0.1) is 0 Å². The summed E-state index contributed by atoms with van der Waals surface area (Å²) >= 11 is 0. The van der Waals surface area contributed by atoms with Gasteiger partial charge in [0.15, 0.2) is 0 Å². The minimum Gasteiger partial charge on any atom is -1.00 e. The maximum atomic E-state index is 4.68. The van der Waals surface area contributed by atoms with Crippen molar-refractivity contribution < 1.29 is 43.4 Å². The second-order valence-corrected chi connectivity index (χ2v) is 6.99. The Morgan fingerprint density at radius 3 is 1.30 bits per heavy atom. The first kappa shape index (κ1) is 28.1. The van der Waals surface area contributed by atoms with Crippen molar-refractivity contribution in [3.63, 3.8) is 0 Å². The van der Waals surface area contributed by atoms with E-state index in [1.54, 1.807) is 0 Å². The zero-order chi connectivity index (χ0) is 19.4. The number of aryl methyl sites for hydroxylation is 5. The fourth-order valence-corrected chi connectivity index (χ4v) is 3.13. The number of aliphatic imine (C=N–C) groups is 2. The molecule has 1 aromatic heterocycles. The number of nitrogens with zero attached hydrogens (tertiary/aromatic N) is 3. The molecule has 155 valence electrons. The number of benzene rings is 2. The summed E-state index contributed by atoms with van der Waals surface area (Å²) in [5, 5.41) is 0. The van der Waals surface area contributed by atoms with Gasteiger partial charge in [-0.1, -0.05) is 36.4 Å². The van der Waals surface area contributed by atoms with Crippen LogP contribution in [0.2, 0.25) is 0 Å². The zero-order valence-corrected chi connectivity index (χ0v) is 20.7. The Hall–Kier alpha value is -1.91. The van der Waals surface area contributed by atoms with Crippen LogP contribution in [0.15, 0.2) is 58.5 Å². The molecule has 0 aliphatic rings. The van der Waals surface area contributed by atoms with Crippen molar-refractivity contribution in [2.45, 2.75) is 34.6 Å². The molecule has 0 N–H and O–H groups in total. The van der Waals surface area contributed by atoms with Crippen molar-refractivity contribution in [2.24, 2.45) is 9.98 Å². The molecule has 0 aliphatic carbocycles. The van der Waals surface area contributed by atoms with Crippen LogP contribution in [0.25, 0.3) is 0 Å². The molecule has 0 amide bonds. The van der Waals surface area contributed by atoms with Gasteiger partial charge < -0.3 is 24.8 Å². The van der Waals surface area contributed by atoms with Crippen molar-refractivity contribution >= 4 is 23.8 Å². The van der Waals surface area contributed by atoms with E-state index in [0.717, 1.165) is 50.6 Å². The van der Waals surface area contributed by atoms with Crippen LogP contribution in [0.3, 0.4) is 0 Å². The van der Waals surface area contributed by atoms with Gasteiger partial charge in [-0.25, -0.2) is 4.98 Å². The first-order valence-corrected chi connectivity index (χ1v) is 9.13. The molecule has 1 heterocycles. The van der Waals surface area contributed by atoms with Crippen molar-refractivity contribution in [3.05, 3.63) is 87.7 Å². The standard InChI is InChI=1S/C24H25N3.2ClH.V/c1-16-12-21(14-25-23-17(2)8-6-9-18(23)3)27-22(13-16)15-26-24-19(4)10-7-11-20(24)5;;;/h6-15H,1-5H3;2*1H;/q;;;+2/p-2. The van der Waals surface area contributed by atoms with Crippen LogP contribution in [0, 0.1) is 34.6 Å². The number of rotatable bonds is 4. The molecule has 0 saturated heterocycles. The molecule has 0 bridgehead atoms. The summed E-state index contributed by atoms with van der Waals surface area (Å²) in [6.45, 7) is 10.4. The maximum Gasteiger partial charge on any atom is 2.00 e. The summed E-state index contributed by atoms with van der Waals surface area (Å²) in [5.74, 6) is 0. The van der Waals surface area contributed by atoms with Crippen molar-refractivity contribution in [1.29, 1.82) is 0 Å². The smallest absolute Gasteiger partial charge is 1.00 e. The molecule has 3 nitrogen and oxygen atoms in total. The zero-order valence-electron chi connectivity index (χ0n) is 17.8. The van der Waals surface area contributed by atoms with Crippen LogP contribution in [0.5, 0.6) is 0 Å². The predicted octanol–water partition coefficient (Wildman–Crippen LogP) is 0.130. The van der Waals surface area contributed by atoms with Gasteiger partial charge in [0.05, 0.1) is 35.2 Å². The molecule has 0 atom stereocenters. The van der Waals surface area contributed by atoms with E-state index in [4.69, 9.17) is 0 Å².